The molecule has 0 atom stereocenters. The molecule has 1 heterocycles. The molecule has 4 amide bonds. The zero-order valence-corrected chi connectivity index (χ0v) is 20.6. The summed E-state index contributed by atoms with van der Waals surface area (Å²) in [4.78, 5) is 39.6. The molecule has 0 unspecified atom stereocenters. The molecule has 172 valence electrons. The van der Waals surface area contributed by atoms with Crippen molar-refractivity contribution in [2.45, 2.75) is 20.3 Å². The molecule has 0 saturated carbocycles. The maximum absolute atomic E-state index is 13.3. The highest BCUT2D eigenvalue weighted by atomic mass is 79.9. The summed E-state index contributed by atoms with van der Waals surface area (Å²) in [5.74, 6) is -0.729. The van der Waals surface area contributed by atoms with E-state index in [4.69, 9.17) is 4.74 Å². The van der Waals surface area contributed by atoms with Crippen molar-refractivity contribution in [3.63, 3.8) is 0 Å². The van der Waals surface area contributed by atoms with Crippen molar-refractivity contribution >= 4 is 45.5 Å². The van der Waals surface area contributed by atoms with E-state index in [1.54, 1.807) is 31.4 Å². The maximum Gasteiger partial charge on any atom is 0.335 e. The minimum Gasteiger partial charge on any atom is -0.497 e. The first-order valence-electron chi connectivity index (χ1n) is 10.7. The number of anilines is 1. The Kier molecular flexibility index (Phi) is 6.65. The lowest BCUT2D eigenvalue weighted by molar-refractivity contribution is -0.122. The van der Waals surface area contributed by atoms with E-state index in [0.717, 1.165) is 31.6 Å². The number of ether oxygens (including phenoxy) is 1. The quantitative estimate of drug-likeness (QED) is 0.365. The van der Waals surface area contributed by atoms with Crippen LogP contribution in [0, 0.1) is 13.8 Å². The van der Waals surface area contributed by atoms with Crippen LogP contribution in [0.3, 0.4) is 0 Å². The largest absolute Gasteiger partial charge is 0.497 e. The Morgan fingerprint density at radius 3 is 2.41 bits per heavy atom. The molecule has 34 heavy (non-hydrogen) atoms. The van der Waals surface area contributed by atoms with Crippen LogP contribution in [0.4, 0.5) is 10.5 Å². The second-order valence-electron chi connectivity index (χ2n) is 8.06. The number of aryl methyl sites for hydroxylation is 2. The van der Waals surface area contributed by atoms with E-state index < -0.39 is 17.8 Å². The monoisotopic (exact) mass is 518 g/mol. The second kappa shape index (κ2) is 9.65. The van der Waals surface area contributed by atoms with Gasteiger partial charge >= 0.3 is 6.03 Å². The molecule has 1 aliphatic heterocycles. The number of methoxy groups -OCH3 is 1. The number of carbonyl (C=O) groups excluding carboxylic acids is 3. The average molecular weight is 519 g/mol. The molecule has 0 aliphatic carbocycles. The van der Waals surface area contributed by atoms with Gasteiger partial charge in [0.1, 0.15) is 11.3 Å². The predicted octanol–water partition coefficient (Wildman–Crippen LogP) is 5.33. The normalized spacial score (nSPS) is 15.0. The maximum atomic E-state index is 13.3. The third kappa shape index (κ3) is 4.65. The van der Waals surface area contributed by atoms with Crippen molar-refractivity contribution in [2.24, 2.45) is 0 Å². The van der Waals surface area contributed by atoms with E-state index in [2.05, 4.69) is 21.2 Å². The Balaban J connectivity index is 1.77. The van der Waals surface area contributed by atoms with Gasteiger partial charge in [-0.05, 0) is 84.5 Å². The first kappa shape index (κ1) is 23.4. The van der Waals surface area contributed by atoms with Gasteiger partial charge in [0.25, 0.3) is 11.8 Å². The molecule has 0 spiro atoms. The molecule has 1 saturated heterocycles. The number of hydrogen-bond donors (Lipinski definition) is 1. The molecule has 3 aromatic rings. The lowest BCUT2D eigenvalue weighted by Gasteiger charge is -2.27. The molecule has 0 radical (unpaired) electrons. The van der Waals surface area contributed by atoms with E-state index in [-0.39, 0.29) is 5.57 Å². The molecule has 6 nitrogen and oxygen atoms in total. The van der Waals surface area contributed by atoms with E-state index in [9.17, 15) is 14.4 Å². The standard InChI is InChI=1S/C27H23BrN2O4/c1-16-8-10-21(12-17(16)2)30-26(32)23(25(31)29-27(30)33)15-18-9-11-22(34-3)14-20(18)13-19-6-4-5-7-24(19)28/h4-12,14-15H,13H2,1-3H3,(H,29,31,33)/b23-15+. The number of carbonyl (C=O) groups is 3. The van der Waals surface area contributed by atoms with Crippen molar-refractivity contribution in [1.29, 1.82) is 0 Å². The Morgan fingerprint density at radius 1 is 0.941 bits per heavy atom. The van der Waals surface area contributed by atoms with Gasteiger partial charge < -0.3 is 4.74 Å². The van der Waals surface area contributed by atoms with Crippen molar-refractivity contribution in [2.75, 3.05) is 12.0 Å². The van der Waals surface area contributed by atoms with Crippen LogP contribution < -0.4 is 15.0 Å². The fraction of sp³-hybridized carbons (Fsp3) is 0.148. The van der Waals surface area contributed by atoms with Crippen LogP contribution in [0.2, 0.25) is 0 Å². The van der Waals surface area contributed by atoms with Gasteiger partial charge in [0, 0.05) is 4.47 Å². The van der Waals surface area contributed by atoms with Gasteiger partial charge in [-0.3, -0.25) is 14.9 Å². The number of urea groups is 1. The molecular formula is C27H23BrN2O4. The summed E-state index contributed by atoms with van der Waals surface area (Å²) >= 11 is 3.57. The Hall–Kier alpha value is -3.71. The lowest BCUT2D eigenvalue weighted by Crippen LogP contribution is -2.54. The van der Waals surface area contributed by atoms with Gasteiger partial charge in [-0.25, -0.2) is 9.69 Å². The molecule has 4 rings (SSSR count). The van der Waals surface area contributed by atoms with Crippen LogP contribution in [-0.4, -0.2) is 25.0 Å². The number of barbiturate groups is 1. The summed E-state index contributed by atoms with van der Waals surface area (Å²) in [6, 6.07) is 17.8. The molecule has 0 aromatic heterocycles. The number of hydrogen-bond acceptors (Lipinski definition) is 4. The minimum atomic E-state index is -0.765. The predicted molar refractivity (Wildman–Crippen MR) is 135 cm³/mol. The molecule has 1 N–H and O–H groups in total. The first-order valence-corrected chi connectivity index (χ1v) is 11.5. The number of halogens is 1. The van der Waals surface area contributed by atoms with Crippen LogP contribution in [0.25, 0.3) is 6.08 Å². The fourth-order valence-corrected chi connectivity index (χ4v) is 4.19. The van der Waals surface area contributed by atoms with Crippen LogP contribution in [0.5, 0.6) is 5.75 Å². The molecule has 1 fully saturated rings. The minimum absolute atomic E-state index is 0.114. The number of amides is 4. The molecular weight excluding hydrogens is 496 g/mol. The van der Waals surface area contributed by atoms with Gasteiger partial charge in [0.2, 0.25) is 0 Å². The molecule has 0 bridgehead atoms. The average Bonchev–Trinajstić information content (AvgIpc) is 2.81. The molecule has 7 heteroatoms. The zero-order valence-electron chi connectivity index (χ0n) is 19.0. The highest BCUT2D eigenvalue weighted by Gasteiger charge is 2.37. The Labute approximate surface area is 206 Å². The molecule has 3 aromatic carbocycles. The second-order valence-corrected chi connectivity index (χ2v) is 8.91. The van der Waals surface area contributed by atoms with Crippen LogP contribution in [0.15, 0.2) is 70.7 Å². The first-order chi connectivity index (χ1) is 16.3. The van der Waals surface area contributed by atoms with E-state index in [0.29, 0.717) is 23.4 Å². The van der Waals surface area contributed by atoms with Gasteiger partial charge in [0.05, 0.1) is 12.8 Å². The topological polar surface area (TPSA) is 75.7 Å². The Bertz CT molecular complexity index is 1350. The summed E-state index contributed by atoms with van der Waals surface area (Å²) in [7, 11) is 1.58. The summed E-state index contributed by atoms with van der Waals surface area (Å²) in [6.45, 7) is 3.85. The number of rotatable bonds is 5. The third-order valence-corrected chi connectivity index (χ3v) is 6.61. The number of imide groups is 2. The van der Waals surface area contributed by atoms with Crippen molar-refractivity contribution in [3.05, 3.63) is 98.5 Å². The number of nitrogens with zero attached hydrogens (tertiary/aromatic N) is 1. The van der Waals surface area contributed by atoms with Crippen molar-refractivity contribution in [3.8, 4) is 5.75 Å². The van der Waals surface area contributed by atoms with Gasteiger partial charge in [-0.1, -0.05) is 46.3 Å². The number of nitrogens with one attached hydrogen (secondary N) is 1. The van der Waals surface area contributed by atoms with Crippen molar-refractivity contribution in [1.82, 2.24) is 5.32 Å². The zero-order chi connectivity index (χ0) is 24.4. The van der Waals surface area contributed by atoms with E-state index >= 15 is 0 Å². The summed E-state index contributed by atoms with van der Waals surface area (Å²) in [6.07, 6.45) is 2.08. The highest BCUT2D eigenvalue weighted by Crippen LogP contribution is 2.28. The summed E-state index contributed by atoms with van der Waals surface area (Å²) in [5.41, 5.74) is 4.87. The Morgan fingerprint density at radius 2 is 1.71 bits per heavy atom. The summed E-state index contributed by atoms with van der Waals surface area (Å²) < 4.78 is 6.34. The summed E-state index contributed by atoms with van der Waals surface area (Å²) in [5, 5.41) is 2.29. The van der Waals surface area contributed by atoms with Crippen LogP contribution in [-0.2, 0) is 16.0 Å². The fourth-order valence-electron chi connectivity index (χ4n) is 3.76. The van der Waals surface area contributed by atoms with Crippen molar-refractivity contribution < 1.29 is 19.1 Å². The van der Waals surface area contributed by atoms with Gasteiger partial charge in [-0.2, -0.15) is 0 Å². The van der Waals surface area contributed by atoms with Gasteiger partial charge in [-0.15, -0.1) is 0 Å². The smallest absolute Gasteiger partial charge is 0.335 e. The SMILES string of the molecule is COc1ccc(/C=C2\C(=O)NC(=O)N(c3ccc(C)c(C)c3)C2=O)c(Cc2ccccc2Br)c1. The van der Waals surface area contributed by atoms with Gasteiger partial charge in [0.15, 0.2) is 0 Å². The highest BCUT2D eigenvalue weighted by molar-refractivity contribution is 9.10. The molecule has 1 aliphatic rings. The third-order valence-electron chi connectivity index (χ3n) is 5.84. The van der Waals surface area contributed by atoms with Crippen LogP contribution >= 0.6 is 15.9 Å². The number of benzene rings is 3. The van der Waals surface area contributed by atoms with E-state index in [1.807, 2.05) is 50.2 Å². The lowest BCUT2D eigenvalue weighted by atomic mass is 9.97. The van der Waals surface area contributed by atoms with Crippen LogP contribution in [0.1, 0.15) is 27.8 Å². The van der Waals surface area contributed by atoms with E-state index in [1.165, 1.54) is 6.08 Å².